The van der Waals surface area contributed by atoms with Crippen LogP contribution >= 0.6 is 35.3 Å². The molecule has 1 aromatic heterocycles. The molecular formula is C20H28IN5O2S. The third-order valence-electron chi connectivity index (χ3n) is 4.31. The highest BCUT2D eigenvalue weighted by molar-refractivity contribution is 14.0. The van der Waals surface area contributed by atoms with Gasteiger partial charge in [0.2, 0.25) is 0 Å². The maximum atomic E-state index is 11.7. The maximum absolute atomic E-state index is 11.7. The van der Waals surface area contributed by atoms with Crippen molar-refractivity contribution in [3.8, 4) is 5.75 Å². The number of halogens is 1. The number of benzene rings is 1. The van der Waals surface area contributed by atoms with Gasteiger partial charge in [-0.05, 0) is 44.4 Å². The van der Waals surface area contributed by atoms with Crippen molar-refractivity contribution in [2.45, 2.75) is 45.8 Å². The highest BCUT2D eigenvalue weighted by atomic mass is 127. The van der Waals surface area contributed by atoms with E-state index in [0.717, 1.165) is 35.1 Å². The van der Waals surface area contributed by atoms with E-state index in [1.54, 1.807) is 18.4 Å². The van der Waals surface area contributed by atoms with Crippen LogP contribution in [0.5, 0.6) is 5.75 Å². The second-order valence-electron chi connectivity index (χ2n) is 6.80. The van der Waals surface area contributed by atoms with Crippen molar-refractivity contribution in [3.05, 3.63) is 45.4 Å². The number of carbonyl (C=O) groups is 1. The fraction of sp³-hybridized carbons (Fsp3) is 0.450. The van der Waals surface area contributed by atoms with Gasteiger partial charge in [-0.25, -0.2) is 4.98 Å². The summed E-state index contributed by atoms with van der Waals surface area (Å²) >= 11 is 1.69. The number of aliphatic imine (C=N–C) groups is 1. The summed E-state index contributed by atoms with van der Waals surface area (Å²) in [6.45, 7) is 5.37. The first-order chi connectivity index (χ1) is 13.5. The summed E-state index contributed by atoms with van der Waals surface area (Å²) in [5, 5.41) is 10.6. The predicted molar refractivity (Wildman–Crippen MR) is 127 cm³/mol. The van der Waals surface area contributed by atoms with Crippen LogP contribution in [0.3, 0.4) is 0 Å². The number of guanidine groups is 1. The Labute approximate surface area is 192 Å². The molecule has 158 valence electrons. The van der Waals surface area contributed by atoms with Gasteiger partial charge < -0.3 is 20.7 Å². The quantitative estimate of drug-likeness (QED) is 0.278. The third kappa shape index (κ3) is 7.81. The van der Waals surface area contributed by atoms with Crippen molar-refractivity contribution in [1.29, 1.82) is 0 Å². The standard InChI is InChI=1S/C20H27N5O2S.HI/c1-13-18(28-14(2)24-13)11-23-20(21-3)22-10-15-5-4-6-17(9-15)27-12-19(26)25-16-7-8-16;/h4-6,9,16H,7-8,10-12H2,1-3H3,(H,25,26)(H2,21,22,23);1H. The van der Waals surface area contributed by atoms with Gasteiger partial charge in [-0.15, -0.1) is 35.3 Å². The summed E-state index contributed by atoms with van der Waals surface area (Å²) in [4.78, 5) is 21.7. The number of rotatable bonds is 8. The number of ether oxygens (including phenoxy) is 1. The minimum atomic E-state index is -0.0655. The molecule has 0 bridgehead atoms. The van der Waals surface area contributed by atoms with Crippen LogP contribution in [0.2, 0.25) is 0 Å². The number of thiazole rings is 1. The van der Waals surface area contributed by atoms with Crippen LogP contribution in [-0.4, -0.2) is 36.5 Å². The molecule has 1 saturated carbocycles. The number of carbonyl (C=O) groups excluding carboxylic acids is 1. The van der Waals surface area contributed by atoms with E-state index in [1.165, 1.54) is 4.88 Å². The second-order valence-corrected chi connectivity index (χ2v) is 8.09. The van der Waals surface area contributed by atoms with Gasteiger partial charge in [0.15, 0.2) is 12.6 Å². The van der Waals surface area contributed by atoms with E-state index in [9.17, 15) is 4.79 Å². The van der Waals surface area contributed by atoms with Gasteiger partial charge >= 0.3 is 0 Å². The first-order valence-electron chi connectivity index (χ1n) is 9.42. The molecule has 1 aromatic carbocycles. The Hall–Kier alpha value is -1.88. The number of hydrogen-bond donors (Lipinski definition) is 3. The number of nitrogens with one attached hydrogen (secondary N) is 3. The molecule has 1 fully saturated rings. The summed E-state index contributed by atoms with van der Waals surface area (Å²) in [7, 11) is 1.75. The molecule has 0 spiro atoms. The Balaban J connectivity index is 0.00000300. The van der Waals surface area contributed by atoms with E-state index in [1.807, 2.05) is 38.1 Å². The van der Waals surface area contributed by atoms with E-state index >= 15 is 0 Å². The van der Waals surface area contributed by atoms with Gasteiger partial charge in [-0.2, -0.15) is 0 Å². The van der Waals surface area contributed by atoms with Crippen molar-refractivity contribution in [2.75, 3.05) is 13.7 Å². The Morgan fingerprint density at radius 3 is 2.69 bits per heavy atom. The van der Waals surface area contributed by atoms with Crippen LogP contribution in [0.1, 0.15) is 34.0 Å². The van der Waals surface area contributed by atoms with E-state index in [-0.39, 0.29) is 36.5 Å². The molecule has 2 aromatic rings. The predicted octanol–water partition coefficient (Wildman–Crippen LogP) is 2.90. The van der Waals surface area contributed by atoms with Crippen LogP contribution in [0.4, 0.5) is 0 Å². The Kier molecular flexibility index (Phi) is 9.15. The van der Waals surface area contributed by atoms with E-state index in [0.29, 0.717) is 24.9 Å². The van der Waals surface area contributed by atoms with Crippen LogP contribution < -0.4 is 20.7 Å². The summed E-state index contributed by atoms with van der Waals surface area (Å²) in [6.07, 6.45) is 2.15. The van der Waals surface area contributed by atoms with Gasteiger partial charge in [-0.1, -0.05) is 12.1 Å². The normalized spacial score (nSPS) is 13.4. The van der Waals surface area contributed by atoms with Crippen molar-refractivity contribution >= 4 is 47.2 Å². The van der Waals surface area contributed by atoms with Gasteiger partial charge in [0, 0.05) is 24.5 Å². The fourth-order valence-corrected chi connectivity index (χ4v) is 3.58. The number of aryl methyl sites for hydroxylation is 2. The number of aromatic nitrogens is 1. The van der Waals surface area contributed by atoms with Crippen molar-refractivity contribution in [1.82, 2.24) is 20.9 Å². The fourth-order valence-electron chi connectivity index (χ4n) is 2.70. The minimum Gasteiger partial charge on any atom is -0.484 e. The van der Waals surface area contributed by atoms with Gasteiger partial charge in [0.1, 0.15) is 5.75 Å². The highest BCUT2D eigenvalue weighted by Gasteiger charge is 2.23. The molecule has 0 radical (unpaired) electrons. The number of amides is 1. The monoisotopic (exact) mass is 529 g/mol. The lowest BCUT2D eigenvalue weighted by atomic mass is 10.2. The van der Waals surface area contributed by atoms with Crippen molar-refractivity contribution in [2.24, 2.45) is 4.99 Å². The molecule has 9 heteroatoms. The first-order valence-corrected chi connectivity index (χ1v) is 10.2. The minimum absolute atomic E-state index is 0. The molecule has 1 heterocycles. The molecule has 7 nitrogen and oxygen atoms in total. The summed E-state index contributed by atoms with van der Waals surface area (Å²) in [5.41, 5.74) is 2.11. The largest absolute Gasteiger partial charge is 0.484 e. The smallest absolute Gasteiger partial charge is 0.258 e. The lowest BCUT2D eigenvalue weighted by molar-refractivity contribution is -0.123. The Bertz CT molecular complexity index is 851. The molecule has 29 heavy (non-hydrogen) atoms. The number of hydrogen-bond acceptors (Lipinski definition) is 5. The van der Waals surface area contributed by atoms with Gasteiger partial charge in [-0.3, -0.25) is 9.79 Å². The van der Waals surface area contributed by atoms with E-state index in [4.69, 9.17) is 4.74 Å². The molecule has 0 aliphatic heterocycles. The SMILES string of the molecule is CN=C(NCc1cccc(OCC(=O)NC2CC2)c1)NCc1sc(C)nc1C.I. The number of nitrogens with zero attached hydrogens (tertiary/aromatic N) is 2. The molecule has 0 saturated heterocycles. The second kappa shape index (κ2) is 11.3. The average molecular weight is 529 g/mol. The van der Waals surface area contributed by atoms with Crippen molar-refractivity contribution in [3.63, 3.8) is 0 Å². The Morgan fingerprint density at radius 2 is 2.03 bits per heavy atom. The zero-order valence-electron chi connectivity index (χ0n) is 16.9. The molecule has 0 atom stereocenters. The molecule has 3 rings (SSSR count). The van der Waals surface area contributed by atoms with E-state index in [2.05, 4.69) is 25.9 Å². The molecule has 1 aliphatic rings. The Morgan fingerprint density at radius 1 is 1.28 bits per heavy atom. The summed E-state index contributed by atoms with van der Waals surface area (Å²) in [6, 6.07) is 8.07. The maximum Gasteiger partial charge on any atom is 0.258 e. The van der Waals surface area contributed by atoms with Gasteiger partial charge in [0.05, 0.1) is 17.2 Å². The lowest BCUT2D eigenvalue weighted by Gasteiger charge is -2.12. The van der Waals surface area contributed by atoms with Gasteiger partial charge in [0.25, 0.3) is 5.91 Å². The molecular weight excluding hydrogens is 501 g/mol. The van der Waals surface area contributed by atoms with Crippen LogP contribution in [0.15, 0.2) is 29.3 Å². The zero-order valence-corrected chi connectivity index (χ0v) is 20.1. The average Bonchev–Trinajstić information content (AvgIpc) is 3.43. The van der Waals surface area contributed by atoms with Crippen LogP contribution in [0, 0.1) is 13.8 Å². The zero-order chi connectivity index (χ0) is 19.9. The first kappa shape index (κ1) is 23.4. The molecule has 3 N–H and O–H groups in total. The summed E-state index contributed by atoms with van der Waals surface area (Å²) in [5.74, 6) is 1.34. The molecule has 1 aliphatic carbocycles. The third-order valence-corrected chi connectivity index (χ3v) is 5.38. The van der Waals surface area contributed by atoms with E-state index < -0.39 is 0 Å². The van der Waals surface area contributed by atoms with Crippen molar-refractivity contribution < 1.29 is 9.53 Å². The molecule has 1 amide bonds. The summed E-state index contributed by atoms with van der Waals surface area (Å²) < 4.78 is 5.60. The van der Waals surface area contributed by atoms with Crippen LogP contribution in [0.25, 0.3) is 0 Å². The lowest BCUT2D eigenvalue weighted by Crippen LogP contribution is -2.36. The highest BCUT2D eigenvalue weighted by Crippen LogP contribution is 2.19. The topological polar surface area (TPSA) is 87.6 Å². The van der Waals surface area contributed by atoms with Crippen LogP contribution in [-0.2, 0) is 17.9 Å². The molecule has 0 unspecified atom stereocenters.